The van der Waals surface area contributed by atoms with Gasteiger partial charge in [0.15, 0.2) is 5.82 Å². The lowest BCUT2D eigenvalue weighted by atomic mass is 9.74. The molecule has 0 saturated carbocycles. The fraction of sp³-hybridized carbons (Fsp3) is 0.300. The lowest BCUT2D eigenvalue weighted by Crippen LogP contribution is -2.35. The van der Waals surface area contributed by atoms with Crippen molar-refractivity contribution in [2.24, 2.45) is 0 Å². The van der Waals surface area contributed by atoms with Gasteiger partial charge in [0.1, 0.15) is 5.82 Å². The van der Waals surface area contributed by atoms with Crippen LogP contribution < -0.4 is 0 Å². The zero-order valence-corrected chi connectivity index (χ0v) is 13.8. The summed E-state index contributed by atoms with van der Waals surface area (Å²) in [6.45, 7) is 1.18. The minimum absolute atomic E-state index is 0.257. The Morgan fingerprint density at radius 1 is 1.00 bits per heavy atom. The van der Waals surface area contributed by atoms with Crippen LogP contribution in [0.3, 0.4) is 0 Å². The summed E-state index contributed by atoms with van der Waals surface area (Å²) in [5, 5.41) is 4.16. The second-order valence-electron chi connectivity index (χ2n) is 6.38. The summed E-state index contributed by atoms with van der Waals surface area (Å²) < 4.78 is 25.0. The Kier molecular flexibility index (Phi) is 4.32. The Morgan fingerprint density at radius 2 is 1.80 bits per heavy atom. The first-order chi connectivity index (χ1) is 12.3. The number of rotatable bonds is 4. The van der Waals surface area contributed by atoms with Crippen LogP contribution in [-0.2, 0) is 16.6 Å². The summed E-state index contributed by atoms with van der Waals surface area (Å²) in [4.78, 5) is 4.65. The largest absolute Gasteiger partial charge is 0.381 e. The zero-order valence-electron chi connectivity index (χ0n) is 13.8. The molecule has 1 saturated heterocycles. The molecule has 5 heteroatoms. The highest BCUT2D eigenvalue weighted by Gasteiger charge is 2.41. The number of hydrogen-bond acceptors (Lipinski definition) is 4. The molecule has 1 aliphatic heterocycles. The van der Waals surface area contributed by atoms with E-state index in [1.165, 1.54) is 6.07 Å². The molecule has 0 radical (unpaired) electrons. The van der Waals surface area contributed by atoms with Gasteiger partial charge in [-0.2, -0.15) is 4.98 Å². The zero-order chi connectivity index (χ0) is 17.1. The van der Waals surface area contributed by atoms with Gasteiger partial charge in [-0.25, -0.2) is 4.39 Å². The predicted octanol–water partition coefficient (Wildman–Crippen LogP) is 3.90. The van der Waals surface area contributed by atoms with Crippen molar-refractivity contribution < 1.29 is 13.7 Å². The summed E-state index contributed by atoms with van der Waals surface area (Å²) in [6, 6.07) is 16.7. The van der Waals surface area contributed by atoms with Crippen molar-refractivity contribution in [2.45, 2.75) is 24.7 Å². The molecular weight excluding hydrogens is 319 g/mol. The van der Waals surface area contributed by atoms with Crippen molar-refractivity contribution in [1.29, 1.82) is 0 Å². The molecular formula is C20H19FN2O2. The normalized spacial score (nSPS) is 16.7. The van der Waals surface area contributed by atoms with Gasteiger partial charge < -0.3 is 9.26 Å². The quantitative estimate of drug-likeness (QED) is 0.724. The molecule has 1 fully saturated rings. The second kappa shape index (κ2) is 6.76. The van der Waals surface area contributed by atoms with E-state index in [0.717, 1.165) is 11.1 Å². The highest BCUT2D eigenvalue weighted by Crippen LogP contribution is 2.40. The summed E-state index contributed by atoms with van der Waals surface area (Å²) in [5.41, 5.74) is 1.51. The van der Waals surface area contributed by atoms with Gasteiger partial charge in [0.05, 0.1) is 5.41 Å². The van der Waals surface area contributed by atoms with Gasteiger partial charge in [0.25, 0.3) is 0 Å². The molecule has 0 spiro atoms. The summed E-state index contributed by atoms with van der Waals surface area (Å²) in [6.07, 6.45) is 2.01. The Labute approximate surface area is 145 Å². The van der Waals surface area contributed by atoms with E-state index in [0.29, 0.717) is 44.2 Å². The SMILES string of the molecule is Fc1cccc(C2(c3nc(Cc4ccccc4)no3)CCOCC2)c1. The molecule has 2 aromatic carbocycles. The first-order valence-corrected chi connectivity index (χ1v) is 8.47. The van der Waals surface area contributed by atoms with E-state index >= 15 is 0 Å². The summed E-state index contributed by atoms with van der Waals surface area (Å²) in [5.74, 6) is 0.934. The second-order valence-corrected chi connectivity index (χ2v) is 6.38. The fourth-order valence-corrected chi connectivity index (χ4v) is 3.43. The lowest BCUT2D eigenvalue weighted by Gasteiger charge is -2.34. The molecule has 0 bridgehead atoms. The van der Waals surface area contributed by atoms with Crippen LogP contribution in [0.25, 0.3) is 0 Å². The minimum atomic E-state index is -0.484. The third-order valence-electron chi connectivity index (χ3n) is 4.81. The van der Waals surface area contributed by atoms with Gasteiger partial charge in [-0.15, -0.1) is 0 Å². The molecule has 3 aromatic rings. The first-order valence-electron chi connectivity index (χ1n) is 8.47. The molecule has 128 valence electrons. The number of nitrogens with zero attached hydrogens (tertiary/aromatic N) is 2. The van der Waals surface area contributed by atoms with Gasteiger partial charge >= 0.3 is 0 Å². The maximum atomic E-state index is 13.8. The Morgan fingerprint density at radius 3 is 2.56 bits per heavy atom. The number of ether oxygens (including phenoxy) is 1. The van der Waals surface area contributed by atoms with Gasteiger partial charge in [-0.3, -0.25) is 0 Å². The lowest BCUT2D eigenvalue weighted by molar-refractivity contribution is 0.0522. The van der Waals surface area contributed by atoms with Crippen molar-refractivity contribution in [3.8, 4) is 0 Å². The molecule has 0 amide bonds. The number of aromatic nitrogens is 2. The Bertz CT molecular complexity index is 842. The van der Waals surface area contributed by atoms with E-state index in [-0.39, 0.29) is 5.82 Å². The summed E-state index contributed by atoms with van der Waals surface area (Å²) in [7, 11) is 0. The van der Waals surface area contributed by atoms with Crippen LogP contribution in [0.4, 0.5) is 4.39 Å². The number of benzene rings is 2. The molecule has 25 heavy (non-hydrogen) atoms. The third-order valence-corrected chi connectivity index (χ3v) is 4.81. The molecule has 2 heterocycles. The van der Waals surface area contributed by atoms with Crippen LogP contribution in [0.2, 0.25) is 0 Å². The van der Waals surface area contributed by atoms with E-state index in [4.69, 9.17) is 9.26 Å². The van der Waals surface area contributed by atoms with E-state index in [9.17, 15) is 4.39 Å². The average Bonchev–Trinajstić information content (AvgIpc) is 3.12. The van der Waals surface area contributed by atoms with E-state index in [1.807, 2.05) is 36.4 Å². The van der Waals surface area contributed by atoms with Crippen molar-refractivity contribution in [2.75, 3.05) is 13.2 Å². The number of halogens is 1. The van der Waals surface area contributed by atoms with Gasteiger partial charge in [-0.1, -0.05) is 47.6 Å². The summed E-state index contributed by atoms with van der Waals surface area (Å²) >= 11 is 0. The molecule has 0 N–H and O–H groups in total. The van der Waals surface area contributed by atoms with Crippen LogP contribution in [0, 0.1) is 5.82 Å². The number of hydrogen-bond donors (Lipinski definition) is 0. The van der Waals surface area contributed by atoms with E-state index in [1.54, 1.807) is 12.1 Å². The molecule has 4 rings (SSSR count). The molecule has 1 aromatic heterocycles. The van der Waals surface area contributed by atoms with Crippen molar-refractivity contribution in [1.82, 2.24) is 10.1 Å². The average molecular weight is 338 g/mol. The van der Waals surface area contributed by atoms with Crippen LogP contribution >= 0.6 is 0 Å². The van der Waals surface area contributed by atoms with Crippen molar-refractivity contribution in [3.63, 3.8) is 0 Å². The van der Waals surface area contributed by atoms with Gasteiger partial charge in [-0.05, 0) is 36.1 Å². The molecule has 0 aliphatic carbocycles. The smallest absolute Gasteiger partial charge is 0.237 e. The van der Waals surface area contributed by atoms with Crippen LogP contribution in [0.5, 0.6) is 0 Å². The first kappa shape index (κ1) is 16.0. The van der Waals surface area contributed by atoms with Crippen LogP contribution in [0.1, 0.15) is 35.7 Å². The highest BCUT2D eigenvalue weighted by molar-refractivity contribution is 5.33. The van der Waals surface area contributed by atoms with Crippen molar-refractivity contribution >= 4 is 0 Å². The molecule has 0 unspecified atom stereocenters. The monoisotopic (exact) mass is 338 g/mol. The maximum absolute atomic E-state index is 13.8. The van der Waals surface area contributed by atoms with Crippen molar-refractivity contribution in [3.05, 3.63) is 83.3 Å². The Balaban J connectivity index is 1.69. The standard InChI is InChI=1S/C20H19FN2O2/c21-17-8-4-7-16(14-17)20(9-11-24-12-10-20)19-22-18(23-25-19)13-15-5-2-1-3-6-15/h1-8,14H,9-13H2. The fourth-order valence-electron chi connectivity index (χ4n) is 3.43. The van der Waals surface area contributed by atoms with Crippen LogP contribution in [-0.4, -0.2) is 23.4 Å². The molecule has 0 atom stereocenters. The van der Waals surface area contributed by atoms with E-state index in [2.05, 4.69) is 10.1 Å². The van der Waals surface area contributed by atoms with E-state index < -0.39 is 5.41 Å². The minimum Gasteiger partial charge on any atom is -0.381 e. The molecule has 1 aliphatic rings. The van der Waals surface area contributed by atoms with Gasteiger partial charge in [0.2, 0.25) is 5.89 Å². The third kappa shape index (κ3) is 3.20. The highest BCUT2D eigenvalue weighted by atomic mass is 19.1. The molecule has 4 nitrogen and oxygen atoms in total. The Hall–Kier alpha value is -2.53. The van der Waals surface area contributed by atoms with Gasteiger partial charge in [0, 0.05) is 19.6 Å². The maximum Gasteiger partial charge on any atom is 0.237 e. The van der Waals surface area contributed by atoms with Crippen LogP contribution in [0.15, 0.2) is 59.1 Å². The predicted molar refractivity (Wildman–Crippen MR) is 90.8 cm³/mol. The topological polar surface area (TPSA) is 48.2 Å².